The average molecular weight is 645 g/mol. The Morgan fingerprint density at radius 3 is 1.45 bits per heavy atom. The summed E-state index contributed by atoms with van der Waals surface area (Å²) < 4.78 is 54.0. The zero-order valence-electron chi connectivity index (χ0n) is 26.0. The molecule has 0 aliphatic carbocycles. The summed E-state index contributed by atoms with van der Waals surface area (Å²) in [6, 6.07) is 0. The van der Waals surface area contributed by atoms with E-state index < -0.39 is 14.8 Å². The molecule has 0 bridgehead atoms. The van der Waals surface area contributed by atoms with Gasteiger partial charge in [-0.3, -0.25) is 0 Å². The third kappa shape index (κ3) is 6.33. The first-order valence-electron chi connectivity index (χ1n) is 15.1. The minimum absolute atomic E-state index is 0.135. The molecule has 0 amide bonds. The molecule has 236 valence electrons. The van der Waals surface area contributed by atoms with Gasteiger partial charge in [-0.05, 0) is 0 Å². The van der Waals surface area contributed by atoms with Gasteiger partial charge in [0.25, 0.3) is 0 Å². The van der Waals surface area contributed by atoms with E-state index in [9.17, 15) is 0 Å². The van der Waals surface area contributed by atoms with Crippen molar-refractivity contribution in [3.05, 3.63) is 0 Å². The number of ether oxygens (including phenoxy) is 1. The first-order chi connectivity index (χ1) is 18.5. The molecule has 0 radical (unpaired) electrons. The normalized spacial score (nSPS) is 40.0. The van der Waals surface area contributed by atoms with Gasteiger partial charge in [0.1, 0.15) is 0 Å². The van der Waals surface area contributed by atoms with E-state index in [-0.39, 0.29) is 33.7 Å². The van der Waals surface area contributed by atoms with Crippen LogP contribution in [0.1, 0.15) is 81.1 Å². The van der Waals surface area contributed by atoms with Crippen LogP contribution in [0.2, 0.25) is 0 Å². The summed E-state index contributed by atoms with van der Waals surface area (Å²) in [5.74, 6) is 3.36. The summed E-state index contributed by atoms with van der Waals surface area (Å²) >= 11 is 3.65. The Labute approximate surface area is 251 Å². The van der Waals surface area contributed by atoms with E-state index in [0.29, 0.717) is 39.2 Å². The van der Waals surface area contributed by atoms with Crippen LogP contribution >= 0.6 is 38.3 Å². The third-order valence-corrected chi connectivity index (χ3v) is 20.2. The van der Waals surface area contributed by atoms with Crippen molar-refractivity contribution in [2.45, 2.75) is 115 Å². The molecular formula is C28H54O8P2S2. The molecular weight excluding hydrogens is 590 g/mol. The van der Waals surface area contributed by atoms with Gasteiger partial charge < -0.3 is 0 Å². The van der Waals surface area contributed by atoms with E-state index in [2.05, 4.69) is 55.4 Å². The van der Waals surface area contributed by atoms with E-state index in [0.717, 1.165) is 48.7 Å². The van der Waals surface area contributed by atoms with Crippen LogP contribution in [-0.2, 0) is 36.4 Å². The molecule has 0 aromatic heterocycles. The number of rotatable bonds is 0. The fourth-order valence-electron chi connectivity index (χ4n) is 7.79. The molecule has 5 rings (SSSR count). The van der Waals surface area contributed by atoms with Crippen LogP contribution in [0.5, 0.6) is 0 Å². The molecule has 0 unspecified atom stereocenters. The van der Waals surface area contributed by atoms with Gasteiger partial charge in [0, 0.05) is 0 Å². The maximum atomic E-state index is 6.94. The second-order valence-electron chi connectivity index (χ2n) is 14.6. The molecule has 0 saturated carbocycles. The molecule has 2 spiro atoms. The Balaban J connectivity index is 1.31. The van der Waals surface area contributed by atoms with Crippen LogP contribution in [0.15, 0.2) is 0 Å². The molecule has 5 heterocycles. The van der Waals surface area contributed by atoms with Gasteiger partial charge >= 0.3 is 252 Å². The zero-order chi connectivity index (χ0) is 29.0. The number of thioether (sulfide) groups is 2. The molecule has 40 heavy (non-hydrogen) atoms. The summed E-state index contributed by atoms with van der Waals surface area (Å²) in [4.78, 5) is 0. The molecule has 0 aromatic carbocycles. The second kappa shape index (κ2) is 10.9. The summed E-state index contributed by atoms with van der Waals surface area (Å²) in [6.45, 7) is 20.1. The summed E-state index contributed by atoms with van der Waals surface area (Å²) in [6.07, 6.45) is 4.40. The Kier molecular flexibility index (Phi) is 8.93. The maximum absolute atomic E-state index is 6.94. The molecule has 5 aliphatic rings. The van der Waals surface area contributed by atoms with E-state index in [1.54, 1.807) is 0 Å². The van der Waals surface area contributed by atoms with Crippen molar-refractivity contribution >= 4 is 38.3 Å². The third-order valence-electron chi connectivity index (χ3n) is 8.62. The van der Waals surface area contributed by atoms with Crippen molar-refractivity contribution in [1.82, 2.24) is 0 Å². The van der Waals surface area contributed by atoms with Crippen LogP contribution < -0.4 is 0 Å². The first kappa shape index (κ1) is 32.6. The van der Waals surface area contributed by atoms with Gasteiger partial charge in [-0.25, -0.2) is 0 Å². The monoisotopic (exact) mass is 644 g/mol. The van der Waals surface area contributed by atoms with Crippen LogP contribution in [0.3, 0.4) is 0 Å². The molecule has 0 N–H and O–H groups in total. The Hall–Kier alpha value is 1.24. The second-order valence-corrected chi connectivity index (χ2v) is 24.4. The standard InChI is InChI=1S/C28H54O8P2S2/c1-25(2)19-23-20-26(3,4)34-37(23,33-25)14-9-29-10-15-39-17-12-31-38(32-13-18-40-16-11-30-37)24(21-27(5,6)35-38)22-28(7,8)36-38/h23-24H,9-22H2,1-8H3. The van der Waals surface area contributed by atoms with Gasteiger partial charge in [-0.1, -0.05) is 0 Å². The van der Waals surface area contributed by atoms with E-state index in [1.165, 1.54) is 0 Å². The van der Waals surface area contributed by atoms with Crippen molar-refractivity contribution in [2.75, 3.05) is 62.2 Å². The first-order valence-corrected chi connectivity index (χ1v) is 21.6. The number of hydrogen-bond acceptors (Lipinski definition) is 10. The van der Waals surface area contributed by atoms with Crippen molar-refractivity contribution < 1.29 is 36.4 Å². The van der Waals surface area contributed by atoms with Gasteiger partial charge in [0.05, 0.1) is 0 Å². The molecule has 8 nitrogen and oxygen atoms in total. The summed E-state index contributed by atoms with van der Waals surface area (Å²) in [5.41, 5.74) is -0.766. The van der Waals surface area contributed by atoms with Crippen molar-refractivity contribution in [1.29, 1.82) is 0 Å². The molecule has 5 fully saturated rings. The van der Waals surface area contributed by atoms with E-state index in [4.69, 9.17) is 36.4 Å². The van der Waals surface area contributed by atoms with Gasteiger partial charge in [0.2, 0.25) is 0 Å². The van der Waals surface area contributed by atoms with Crippen LogP contribution in [0.4, 0.5) is 0 Å². The van der Waals surface area contributed by atoms with Gasteiger partial charge in [0.15, 0.2) is 0 Å². The SMILES string of the molecule is CC1(C)CC2CC(C)(C)OP23(CCOCCSCCOP24(OCCSCCO3)OC(C)(C)CC2CC(C)(C)O4)O1. The number of hydrogen-bond donors (Lipinski definition) is 0. The Morgan fingerprint density at radius 2 is 0.925 bits per heavy atom. The quantitative estimate of drug-likeness (QED) is 0.247. The van der Waals surface area contributed by atoms with Crippen molar-refractivity contribution in [3.63, 3.8) is 0 Å². The minimum atomic E-state index is -3.76. The topological polar surface area (TPSA) is 73.8 Å². The predicted molar refractivity (Wildman–Crippen MR) is 169 cm³/mol. The van der Waals surface area contributed by atoms with Crippen molar-refractivity contribution in [3.8, 4) is 0 Å². The van der Waals surface area contributed by atoms with Gasteiger partial charge in [-0.15, -0.1) is 0 Å². The molecule has 12 heteroatoms. The molecule has 0 atom stereocenters. The Morgan fingerprint density at radius 1 is 0.500 bits per heavy atom. The van der Waals surface area contributed by atoms with Crippen LogP contribution in [0, 0.1) is 0 Å². The molecule has 0 aromatic rings. The van der Waals surface area contributed by atoms with E-state index in [1.807, 2.05) is 23.5 Å². The molecule has 5 aliphatic heterocycles. The average Bonchev–Trinajstić information content (AvgIpc) is 3.31. The Bertz CT molecular complexity index is 833. The summed E-state index contributed by atoms with van der Waals surface area (Å²) in [7, 11) is -7.12. The van der Waals surface area contributed by atoms with Gasteiger partial charge in [-0.2, -0.15) is 0 Å². The van der Waals surface area contributed by atoms with Crippen molar-refractivity contribution in [2.24, 2.45) is 0 Å². The van der Waals surface area contributed by atoms with Crippen LogP contribution in [0.25, 0.3) is 0 Å². The predicted octanol–water partition coefficient (Wildman–Crippen LogP) is 7.58. The summed E-state index contributed by atoms with van der Waals surface area (Å²) in [5, 5.41) is 0. The van der Waals surface area contributed by atoms with E-state index >= 15 is 0 Å². The molecule has 5 saturated heterocycles. The zero-order valence-corrected chi connectivity index (χ0v) is 29.5. The fraction of sp³-hybridized carbons (Fsp3) is 1.00. The fourth-order valence-corrected chi connectivity index (χ4v) is 20.8. The van der Waals surface area contributed by atoms with Crippen LogP contribution in [-0.4, -0.2) is 95.9 Å².